The third-order valence-electron chi connectivity index (χ3n) is 3.36. The monoisotopic (exact) mass is 358 g/mol. The summed E-state index contributed by atoms with van der Waals surface area (Å²) in [7, 11) is 1.61. The standard InChI is InChI=1S/C20H22O6/c1-3-24-19-14-15(5-11-20(21)22)4-10-18(19)26-13-12-25-17-8-6-16(23-2)7-9-17/h4-11,14H,3,12-13H2,1-2H3,(H,21,22). The summed E-state index contributed by atoms with van der Waals surface area (Å²) in [4.78, 5) is 10.6. The maximum Gasteiger partial charge on any atom is 0.328 e. The van der Waals surface area contributed by atoms with Gasteiger partial charge in [0.1, 0.15) is 24.7 Å². The smallest absolute Gasteiger partial charge is 0.328 e. The van der Waals surface area contributed by atoms with E-state index in [1.807, 2.05) is 31.2 Å². The van der Waals surface area contributed by atoms with Crippen LogP contribution in [0, 0.1) is 0 Å². The van der Waals surface area contributed by atoms with E-state index < -0.39 is 5.97 Å². The Kier molecular flexibility index (Phi) is 7.36. The van der Waals surface area contributed by atoms with Gasteiger partial charge in [-0.15, -0.1) is 0 Å². The quantitative estimate of drug-likeness (QED) is 0.516. The molecular formula is C20H22O6. The lowest BCUT2D eigenvalue weighted by Crippen LogP contribution is -2.10. The van der Waals surface area contributed by atoms with E-state index in [2.05, 4.69) is 0 Å². The second-order valence-corrected chi connectivity index (χ2v) is 5.18. The van der Waals surface area contributed by atoms with Gasteiger partial charge in [0.15, 0.2) is 11.5 Å². The van der Waals surface area contributed by atoms with Crippen molar-refractivity contribution < 1.29 is 28.8 Å². The lowest BCUT2D eigenvalue weighted by molar-refractivity contribution is -0.131. The number of carbonyl (C=O) groups is 1. The minimum Gasteiger partial charge on any atom is -0.497 e. The number of ether oxygens (including phenoxy) is 4. The van der Waals surface area contributed by atoms with Gasteiger partial charge in [0.2, 0.25) is 0 Å². The van der Waals surface area contributed by atoms with E-state index in [1.165, 1.54) is 6.08 Å². The molecule has 0 saturated heterocycles. The van der Waals surface area contributed by atoms with Gasteiger partial charge >= 0.3 is 5.97 Å². The molecule has 2 aromatic rings. The van der Waals surface area contributed by atoms with Gasteiger partial charge in [-0.2, -0.15) is 0 Å². The van der Waals surface area contributed by atoms with E-state index in [1.54, 1.807) is 25.3 Å². The van der Waals surface area contributed by atoms with E-state index in [4.69, 9.17) is 24.1 Å². The molecule has 0 amide bonds. The van der Waals surface area contributed by atoms with Crippen LogP contribution in [0.2, 0.25) is 0 Å². The molecule has 0 bridgehead atoms. The number of hydrogen-bond acceptors (Lipinski definition) is 5. The fourth-order valence-corrected chi connectivity index (χ4v) is 2.17. The van der Waals surface area contributed by atoms with Crippen molar-refractivity contribution in [2.24, 2.45) is 0 Å². The summed E-state index contributed by atoms with van der Waals surface area (Å²) in [5.41, 5.74) is 0.720. The number of hydrogen-bond donors (Lipinski definition) is 1. The lowest BCUT2D eigenvalue weighted by Gasteiger charge is -2.13. The number of carboxylic acids is 1. The van der Waals surface area contributed by atoms with Crippen LogP contribution in [-0.2, 0) is 4.79 Å². The number of aliphatic carboxylic acids is 1. The zero-order valence-electron chi connectivity index (χ0n) is 14.8. The predicted octanol–water partition coefficient (Wildman–Crippen LogP) is 3.65. The molecule has 0 unspecified atom stereocenters. The van der Waals surface area contributed by atoms with Gasteiger partial charge in [0.05, 0.1) is 13.7 Å². The van der Waals surface area contributed by atoms with Crippen LogP contribution in [-0.4, -0.2) is 38.0 Å². The summed E-state index contributed by atoms with van der Waals surface area (Å²) >= 11 is 0. The molecule has 2 rings (SSSR count). The molecule has 138 valence electrons. The molecule has 0 aliphatic rings. The molecule has 0 aliphatic carbocycles. The number of benzene rings is 2. The highest BCUT2D eigenvalue weighted by Gasteiger charge is 2.06. The van der Waals surface area contributed by atoms with E-state index >= 15 is 0 Å². The van der Waals surface area contributed by atoms with Crippen molar-refractivity contribution in [3.05, 3.63) is 54.1 Å². The van der Waals surface area contributed by atoms with Gasteiger partial charge in [-0.1, -0.05) is 6.07 Å². The van der Waals surface area contributed by atoms with E-state index in [0.717, 1.165) is 23.1 Å². The highest BCUT2D eigenvalue weighted by molar-refractivity contribution is 5.85. The molecule has 0 fully saturated rings. The van der Waals surface area contributed by atoms with Crippen LogP contribution in [0.15, 0.2) is 48.5 Å². The summed E-state index contributed by atoms with van der Waals surface area (Å²) in [6, 6.07) is 12.6. The fraction of sp³-hybridized carbons (Fsp3) is 0.250. The first-order valence-electron chi connectivity index (χ1n) is 8.20. The van der Waals surface area contributed by atoms with E-state index in [9.17, 15) is 4.79 Å². The molecule has 26 heavy (non-hydrogen) atoms. The van der Waals surface area contributed by atoms with Crippen molar-refractivity contribution in [2.75, 3.05) is 26.9 Å². The Balaban J connectivity index is 1.91. The maximum absolute atomic E-state index is 10.6. The summed E-state index contributed by atoms with van der Waals surface area (Å²) in [6.45, 7) is 3.07. The summed E-state index contributed by atoms with van der Waals surface area (Å²) in [5, 5.41) is 8.70. The van der Waals surface area contributed by atoms with Crippen LogP contribution >= 0.6 is 0 Å². The molecule has 0 aromatic heterocycles. The average molecular weight is 358 g/mol. The van der Waals surface area contributed by atoms with Crippen molar-refractivity contribution in [3.63, 3.8) is 0 Å². The minimum atomic E-state index is -1.00. The Morgan fingerprint density at radius 2 is 1.65 bits per heavy atom. The van der Waals surface area contributed by atoms with Gasteiger partial charge in [0.25, 0.3) is 0 Å². The Bertz CT molecular complexity index is 736. The first-order chi connectivity index (χ1) is 12.6. The highest BCUT2D eigenvalue weighted by atomic mass is 16.5. The lowest BCUT2D eigenvalue weighted by atomic mass is 10.2. The molecule has 0 heterocycles. The summed E-state index contributed by atoms with van der Waals surface area (Å²) in [5.74, 6) is 1.64. The van der Waals surface area contributed by atoms with Gasteiger partial charge < -0.3 is 24.1 Å². The van der Waals surface area contributed by atoms with Gasteiger partial charge in [0, 0.05) is 6.08 Å². The molecule has 0 atom stereocenters. The van der Waals surface area contributed by atoms with Crippen molar-refractivity contribution in [2.45, 2.75) is 6.92 Å². The van der Waals surface area contributed by atoms with E-state index in [-0.39, 0.29) is 0 Å². The Morgan fingerprint density at radius 3 is 2.31 bits per heavy atom. The zero-order chi connectivity index (χ0) is 18.8. The van der Waals surface area contributed by atoms with Crippen molar-refractivity contribution >= 4 is 12.0 Å². The highest BCUT2D eigenvalue weighted by Crippen LogP contribution is 2.29. The van der Waals surface area contributed by atoms with Crippen molar-refractivity contribution in [1.82, 2.24) is 0 Å². The fourth-order valence-electron chi connectivity index (χ4n) is 2.17. The molecule has 0 saturated carbocycles. The van der Waals surface area contributed by atoms with E-state index in [0.29, 0.717) is 31.3 Å². The van der Waals surface area contributed by atoms with Crippen LogP contribution in [0.4, 0.5) is 0 Å². The maximum atomic E-state index is 10.6. The molecular weight excluding hydrogens is 336 g/mol. The largest absolute Gasteiger partial charge is 0.497 e. The second-order valence-electron chi connectivity index (χ2n) is 5.18. The van der Waals surface area contributed by atoms with Gasteiger partial charge in [-0.25, -0.2) is 4.79 Å². The van der Waals surface area contributed by atoms with Crippen LogP contribution < -0.4 is 18.9 Å². The Morgan fingerprint density at radius 1 is 0.962 bits per heavy atom. The number of carboxylic acid groups (broad SMARTS) is 1. The normalized spacial score (nSPS) is 10.5. The van der Waals surface area contributed by atoms with Crippen molar-refractivity contribution in [1.29, 1.82) is 0 Å². The molecule has 2 aromatic carbocycles. The topological polar surface area (TPSA) is 74.2 Å². The van der Waals surface area contributed by atoms with Crippen LogP contribution in [0.1, 0.15) is 12.5 Å². The Hall–Kier alpha value is -3.15. The first-order valence-corrected chi connectivity index (χ1v) is 8.20. The van der Waals surface area contributed by atoms with Gasteiger partial charge in [-0.05, 0) is 55.0 Å². The average Bonchev–Trinajstić information content (AvgIpc) is 2.65. The second kappa shape index (κ2) is 9.98. The minimum absolute atomic E-state index is 0.344. The van der Waals surface area contributed by atoms with Crippen LogP contribution in [0.3, 0.4) is 0 Å². The Labute approximate surface area is 152 Å². The molecule has 0 radical (unpaired) electrons. The predicted molar refractivity (Wildman–Crippen MR) is 98.3 cm³/mol. The third-order valence-corrected chi connectivity index (χ3v) is 3.36. The summed E-state index contributed by atoms with van der Waals surface area (Å²) < 4.78 is 22.0. The first kappa shape index (κ1) is 19.2. The molecule has 0 aliphatic heterocycles. The number of rotatable bonds is 10. The summed E-state index contributed by atoms with van der Waals surface area (Å²) in [6.07, 6.45) is 2.58. The van der Waals surface area contributed by atoms with Gasteiger partial charge in [-0.3, -0.25) is 0 Å². The zero-order valence-corrected chi connectivity index (χ0v) is 14.8. The molecule has 1 N–H and O–H groups in total. The molecule has 6 heteroatoms. The number of methoxy groups -OCH3 is 1. The van der Waals surface area contributed by atoms with Crippen LogP contribution in [0.5, 0.6) is 23.0 Å². The molecule has 0 spiro atoms. The van der Waals surface area contributed by atoms with Crippen molar-refractivity contribution in [3.8, 4) is 23.0 Å². The SMILES string of the molecule is CCOc1cc(C=CC(=O)O)ccc1OCCOc1ccc(OC)cc1. The van der Waals surface area contributed by atoms with Crippen LogP contribution in [0.25, 0.3) is 6.08 Å². The third kappa shape index (κ3) is 6.05. The molecule has 6 nitrogen and oxygen atoms in total.